The molecular formula is C24H32N2O3S. The third kappa shape index (κ3) is 5.49. The van der Waals surface area contributed by atoms with Crippen LogP contribution >= 0.6 is 0 Å². The van der Waals surface area contributed by atoms with Crippen molar-refractivity contribution in [3.05, 3.63) is 65.7 Å². The zero-order valence-electron chi connectivity index (χ0n) is 18.0. The Bertz CT molecular complexity index is 940. The average molecular weight is 429 g/mol. The predicted octanol–water partition coefficient (Wildman–Crippen LogP) is 4.30. The Kier molecular flexibility index (Phi) is 7.32. The number of hydrogen-bond donors (Lipinski definition) is 1. The predicted molar refractivity (Wildman–Crippen MR) is 119 cm³/mol. The molecule has 0 saturated carbocycles. The van der Waals surface area contributed by atoms with Gasteiger partial charge in [-0.1, -0.05) is 61.9 Å². The zero-order chi connectivity index (χ0) is 21.7. The molecule has 2 unspecified atom stereocenters. The Morgan fingerprint density at radius 1 is 1.10 bits per heavy atom. The van der Waals surface area contributed by atoms with Crippen molar-refractivity contribution >= 4 is 15.9 Å². The highest BCUT2D eigenvalue weighted by atomic mass is 32.2. The molecule has 1 aliphatic rings. The van der Waals surface area contributed by atoms with E-state index >= 15 is 0 Å². The van der Waals surface area contributed by atoms with E-state index in [4.69, 9.17) is 0 Å². The van der Waals surface area contributed by atoms with Crippen LogP contribution in [0.5, 0.6) is 0 Å². The number of sulfonamides is 1. The van der Waals surface area contributed by atoms with Crippen molar-refractivity contribution in [2.45, 2.75) is 51.0 Å². The molecule has 1 fully saturated rings. The van der Waals surface area contributed by atoms with E-state index in [1.54, 1.807) is 24.3 Å². The fourth-order valence-corrected chi connectivity index (χ4v) is 5.48. The smallest absolute Gasteiger partial charge is 0.243 e. The minimum Gasteiger partial charge on any atom is -0.349 e. The Labute approximate surface area is 180 Å². The molecule has 0 radical (unpaired) electrons. The molecule has 0 bridgehead atoms. The molecule has 1 heterocycles. The summed E-state index contributed by atoms with van der Waals surface area (Å²) < 4.78 is 27.6. The van der Waals surface area contributed by atoms with Gasteiger partial charge in [0, 0.05) is 13.1 Å². The van der Waals surface area contributed by atoms with Crippen molar-refractivity contribution in [2.24, 2.45) is 11.8 Å². The first-order valence-corrected chi connectivity index (χ1v) is 12.1. The maximum absolute atomic E-state index is 13.1. The van der Waals surface area contributed by atoms with Gasteiger partial charge in [-0.05, 0) is 49.8 Å². The van der Waals surface area contributed by atoms with Crippen molar-refractivity contribution in [1.29, 1.82) is 0 Å². The number of carbonyl (C=O) groups is 1. The number of benzene rings is 2. The molecule has 2 aromatic rings. The van der Waals surface area contributed by atoms with Crippen LogP contribution in [0.3, 0.4) is 0 Å². The molecule has 2 aromatic carbocycles. The van der Waals surface area contributed by atoms with E-state index in [0.717, 1.165) is 17.5 Å². The van der Waals surface area contributed by atoms with Crippen LogP contribution in [0.15, 0.2) is 59.5 Å². The molecule has 1 saturated heterocycles. The van der Waals surface area contributed by atoms with Gasteiger partial charge in [0.25, 0.3) is 0 Å². The topological polar surface area (TPSA) is 66.5 Å². The van der Waals surface area contributed by atoms with Gasteiger partial charge in [0.05, 0.1) is 16.9 Å². The molecule has 3 rings (SSSR count). The van der Waals surface area contributed by atoms with Crippen molar-refractivity contribution < 1.29 is 13.2 Å². The molecule has 0 aliphatic carbocycles. The lowest BCUT2D eigenvalue weighted by atomic mass is 9.94. The number of amides is 1. The van der Waals surface area contributed by atoms with Crippen molar-refractivity contribution in [3.8, 4) is 0 Å². The number of rotatable bonds is 7. The maximum Gasteiger partial charge on any atom is 0.243 e. The summed E-state index contributed by atoms with van der Waals surface area (Å²) in [5.74, 6) is 0.0333. The zero-order valence-corrected chi connectivity index (χ0v) is 18.9. The molecule has 0 spiro atoms. The highest BCUT2D eigenvalue weighted by Crippen LogP contribution is 2.26. The minimum atomic E-state index is -3.59. The van der Waals surface area contributed by atoms with Gasteiger partial charge in [0.2, 0.25) is 15.9 Å². The van der Waals surface area contributed by atoms with Gasteiger partial charge < -0.3 is 5.32 Å². The van der Waals surface area contributed by atoms with Crippen molar-refractivity contribution in [2.75, 3.05) is 13.1 Å². The second-order valence-corrected chi connectivity index (χ2v) is 10.6. The molecule has 2 atom stereocenters. The second kappa shape index (κ2) is 9.75. The van der Waals surface area contributed by atoms with Crippen LogP contribution in [-0.2, 0) is 14.8 Å². The molecule has 1 N–H and O–H groups in total. The van der Waals surface area contributed by atoms with E-state index in [1.165, 1.54) is 4.31 Å². The number of nitrogens with zero attached hydrogens (tertiary/aromatic N) is 1. The quantitative estimate of drug-likeness (QED) is 0.715. The lowest BCUT2D eigenvalue weighted by Gasteiger charge is -2.32. The third-order valence-electron chi connectivity index (χ3n) is 5.64. The SMILES string of the molecule is Cc1ccc(S(=O)(=O)N2CCCC(C(=O)NC(CC(C)C)c3ccccc3)C2)cc1. The summed E-state index contributed by atoms with van der Waals surface area (Å²) in [6, 6.07) is 16.8. The molecule has 30 heavy (non-hydrogen) atoms. The highest BCUT2D eigenvalue weighted by Gasteiger charge is 2.34. The number of piperidine rings is 1. The van der Waals surface area contributed by atoms with Crippen LogP contribution in [-0.4, -0.2) is 31.7 Å². The van der Waals surface area contributed by atoms with E-state index in [-0.39, 0.29) is 29.3 Å². The second-order valence-electron chi connectivity index (χ2n) is 8.62. The van der Waals surface area contributed by atoms with Gasteiger partial charge in [0.1, 0.15) is 0 Å². The summed E-state index contributed by atoms with van der Waals surface area (Å²) in [4.78, 5) is 13.4. The van der Waals surface area contributed by atoms with E-state index in [0.29, 0.717) is 25.3 Å². The fourth-order valence-electron chi connectivity index (χ4n) is 3.96. The fraction of sp³-hybridized carbons (Fsp3) is 0.458. The summed E-state index contributed by atoms with van der Waals surface area (Å²) in [6.45, 7) is 6.88. The normalized spacial score (nSPS) is 18.9. The van der Waals surface area contributed by atoms with Gasteiger partial charge in [-0.2, -0.15) is 4.31 Å². The van der Waals surface area contributed by atoms with Crippen molar-refractivity contribution in [1.82, 2.24) is 9.62 Å². The van der Waals surface area contributed by atoms with Crippen LogP contribution in [0.4, 0.5) is 0 Å². The molecular weight excluding hydrogens is 396 g/mol. The van der Waals surface area contributed by atoms with Crippen molar-refractivity contribution in [3.63, 3.8) is 0 Å². The van der Waals surface area contributed by atoms with E-state index in [1.807, 2.05) is 37.3 Å². The van der Waals surface area contributed by atoms with Gasteiger partial charge in [-0.3, -0.25) is 4.79 Å². The van der Waals surface area contributed by atoms with Crippen LogP contribution in [0, 0.1) is 18.8 Å². The van der Waals surface area contributed by atoms with E-state index in [9.17, 15) is 13.2 Å². The first-order chi connectivity index (χ1) is 14.3. The van der Waals surface area contributed by atoms with Crippen LogP contribution in [0.1, 0.15) is 50.3 Å². The maximum atomic E-state index is 13.1. The average Bonchev–Trinajstić information content (AvgIpc) is 2.74. The first-order valence-electron chi connectivity index (χ1n) is 10.7. The summed E-state index contributed by atoms with van der Waals surface area (Å²) in [6.07, 6.45) is 2.23. The van der Waals surface area contributed by atoms with Gasteiger partial charge in [-0.25, -0.2) is 8.42 Å². The summed E-state index contributed by atoms with van der Waals surface area (Å²) in [5.41, 5.74) is 2.10. The minimum absolute atomic E-state index is 0.0618. The molecule has 5 nitrogen and oxygen atoms in total. The molecule has 1 amide bonds. The van der Waals surface area contributed by atoms with Crippen LogP contribution in [0.25, 0.3) is 0 Å². The summed E-state index contributed by atoms with van der Waals surface area (Å²) >= 11 is 0. The standard InChI is InChI=1S/C24H32N2O3S/c1-18(2)16-23(20-8-5-4-6-9-20)25-24(27)21-10-7-15-26(17-21)30(28,29)22-13-11-19(3)12-14-22/h4-6,8-9,11-14,18,21,23H,7,10,15-17H2,1-3H3,(H,25,27). The molecule has 6 heteroatoms. The molecule has 0 aromatic heterocycles. The Morgan fingerprint density at radius 2 is 1.77 bits per heavy atom. The van der Waals surface area contributed by atoms with Gasteiger partial charge in [0.15, 0.2) is 0 Å². The monoisotopic (exact) mass is 428 g/mol. The first kappa shape index (κ1) is 22.5. The number of nitrogens with one attached hydrogen (secondary N) is 1. The van der Waals surface area contributed by atoms with E-state index in [2.05, 4.69) is 19.2 Å². The van der Waals surface area contributed by atoms with Gasteiger partial charge in [-0.15, -0.1) is 0 Å². The van der Waals surface area contributed by atoms with Crippen LogP contribution in [0.2, 0.25) is 0 Å². The summed E-state index contributed by atoms with van der Waals surface area (Å²) in [7, 11) is -3.59. The highest BCUT2D eigenvalue weighted by molar-refractivity contribution is 7.89. The largest absolute Gasteiger partial charge is 0.349 e. The number of carbonyl (C=O) groups excluding carboxylic acids is 1. The Morgan fingerprint density at radius 3 is 2.40 bits per heavy atom. The van der Waals surface area contributed by atoms with Crippen LogP contribution < -0.4 is 5.32 Å². The number of hydrogen-bond acceptors (Lipinski definition) is 3. The third-order valence-corrected chi connectivity index (χ3v) is 7.52. The number of aryl methyl sites for hydroxylation is 1. The molecule has 1 aliphatic heterocycles. The lowest BCUT2D eigenvalue weighted by Crippen LogP contribution is -2.46. The Balaban J connectivity index is 1.72. The lowest BCUT2D eigenvalue weighted by molar-refractivity contribution is -0.127. The Hall–Kier alpha value is -2.18. The summed E-state index contributed by atoms with van der Waals surface area (Å²) in [5, 5.41) is 3.19. The van der Waals surface area contributed by atoms with E-state index < -0.39 is 10.0 Å². The molecule has 162 valence electrons. The van der Waals surface area contributed by atoms with Gasteiger partial charge >= 0.3 is 0 Å².